The van der Waals surface area contributed by atoms with E-state index in [0.29, 0.717) is 16.8 Å². The van der Waals surface area contributed by atoms with Crippen LogP contribution in [0.25, 0.3) is 0 Å². The molecule has 0 spiro atoms. The number of carbonyl (C=O) groups excluding carboxylic acids is 2. The van der Waals surface area contributed by atoms with Gasteiger partial charge in [-0.3, -0.25) is 13.9 Å². The maximum absolute atomic E-state index is 13.8. The van der Waals surface area contributed by atoms with Gasteiger partial charge in [0.2, 0.25) is 11.8 Å². The van der Waals surface area contributed by atoms with Crippen LogP contribution < -0.4 is 9.62 Å². The number of halogens is 4. The first-order valence-electron chi connectivity index (χ1n) is 12.4. The molecule has 0 aliphatic heterocycles. The van der Waals surface area contributed by atoms with Crippen LogP contribution >= 0.6 is 11.6 Å². The summed E-state index contributed by atoms with van der Waals surface area (Å²) in [6, 6.07) is 17.5. The van der Waals surface area contributed by atoms with Crippen molar-refractivity contribution in [2.45, 2.75) is 36.9 Å². The predicted octanol–water partition coefficient (Wildman–Crippen LogP) is 5.15. The molecule has 1 unspecified atom stereocenters. The van der Waals surface area contributed by atoms with E-state index in [2.05, 4.69) is 5.32 Å². The molecular formula is C28H29ClF3N3O4S. The summed E-state index contributed by atoms with van der Waals surface area (Å²) in [6.07, 6.45) is -4.22. The summed E-state index contributed by atoms with van der Waals surface area (Å²) in [5.74, 6) is -1.24. The van der Waals surface area contributed by atoms with Gasteiger partial charge in [0.1, 0.15) is 12.6 Å². The van der Waals surface area contributed by atoms with Gasteiger partial charge in [-0.05, 0) is 48.7 Å². The molecule has 0 fully saturated rings. The van der Waals surface area contributed by atoms with Crippen LogP contribution in [-0.4, -0.2) is 51.3 Å². The Hall–Kier alpha value is -3.57. The van der Waals surface area contributed by atoms with Gasteiger partial charge in [-0.2, -0.15) is 13.2 Å². The Kier molecular flexibility index (Phi) is 10.2. The number of benzene rings is 3. The van der Waals surface area contributed by atoms with E-state index in [9.17, 15) is 31.2 Å². The lowest BCUT2D eigenvalue weighted by Crippen LogP contribution is -2.52. The third-order valence-electron chi connectivity index (χ3n) is 6.27. The van der Waals surface area contributed by atoms with E-state index < -0.39 is 51.9 Å². The Morgan fingerprint density at radius 3 is 2.12 bits per heavy atom. The number of rotatable bonds is 11. The molecule has 1 N–H and O–H groups in total. The lowest BCUT2D eigenvalue weighted by Gasteiger charge is -2.33. The molecular weight excluding hydrogens is 567 g/mol. The Morgan fingerprint density at radius 1 is 0.975 bits per heavy atom. The van der Waals surface area contributed by atoms with E-state index in [1.807, 2.05) is 30.3 Å². The lowest BCUT2D eigenvalue weighted by atomic mass is 10.1. The topological polar surface area (TPSA) is 86.8 Å². The molecule has 0 aliphatic rings. The number of alkyl halides is 3. The van der Waals surface area contributed by atoms with Crippen molar-refractivity contribution >= 4 is 39.1 Å². The number of sulfonamides is 1. The van der Waals surface area contributed by atoms with E-state index in [1.54, 1.807) is 13.0 Å². The summed E-state index contributed by atoms with van der Waals surface area (Å²) in [4.78, 5) is 27.5. The highest BCUT2D eigenvalue weighted by molar-refractivity contribution is 7.92. The Labute approximate surface area is 236 Å². The second kappa shape index (κ2) is 13.2. The van der Waals surface area contributed by atoms with Crippen molar-refractivity contribution < 1.29 is 31.2 Å². The quantitative estimate of drug-likeness (QED) is 0.332. The van der Waals surface area contributed by atoms with Gasteiger partial charge in [0.15, 0.2) is 0 Å². The summed E-state index contributed by atoms with van der Waals surface area (Å²) in [6.45, 7) is 0.871. The highest BCUT2D eigenvalue weighted by Gasteiger charge is 2.36. The van der Waals surface area contributed by atoms with Gasteiger partial charge in [-0.1, -0.05) is 67.1 Å². The minimum atomic E-state index is -4.79. The highest BCUT2D eigenvalue weighted by atomic mass is 35.5. The molecule has 0 saturated heterocycles. The maximum atomic E-state index is 13.8. The molecule has 214 valence electrons. The largest absolute Gasteiger partial charge is 0.416 e. The Morgan fingerprint density at radius 2 is 1.57 bits per heavy atom. The van der Waals surface area contributed by atoms with Crippen molar-refractivity contribution in [3.8, 4) is 0 Å². The van der Waals surface area contributed by atoms with Crippen LogP contribution in [0, 0.1) is 0 Å². The molecule has 7 nitrogen and oxygen atoms in total. The number of hydrogen-bond acceptors (Lipinski definition) is 4. The maximum Gasteiger partial charge on any atom is 0.416 e. The van der Waals surface area contributed by atoms with E-state index in [-0.39, 0.29) is 22.9 Å². The zero-order valence-corrected chi connectivity index (χ0v) is 23.4. The van der Waals surface area contributed by atoms with E-state index in [4.69, 9.17) is 11.6 Å². The first-order valence-corrected chi connectivity index (χ1v) is 14.2. The van der Waals surface area contributed by atoms with Gasteiger partial charge in [-0.25, -0.2) is 8.42 Å². The minimum Gasteiger partial charge on any atom is -0.357 e. The molecule has 0 aliphatic carbocycles. The first-order chi connectivity index (χ1) is 18.9. The molecule has 0 saturated carbocycles. The average molecular weight is 596 g/mol. The Balaban J connectivity index is 2.10. The number of hydrogen-bond donors (Lipinski definition) is 1. The number of amides is 2. The van der Waals surface area contributed by atoms with Crippen LogP contribution in [0.15, 0.2) is 83.8 Å². The SMILES string of the molecule is CCC(C(=O)NC)N(CCc1ccccc1)C(=O)CN(c1cc(C(F)(F)F)ccc1Cl)S(=O)(=O)c1ccccc1. The van der Waals surface area contributed by atoms with Gasteiger partial charge >= 0.3 is 6.18 Å². The van der Waals surface area contributed by atoms with Gasteiger partial charge in [0, 0.05) is 13.6 Å². The molecule has 12 heteroatoms. The number of nitrogens with zero attached hydrogens (tertiary/aromatic N) is 2. The van der Waals surface area contributed by atoms with Gasteiger partial charge in [0.25, 0.3) is 10.0 Å². The van der Waals surface area contributed by atoms with E-state index in [0.717, 1.165) is 17.7 Å². The van der Waals surface area contributed by atoms with Crippen molar-refractivity contribution in [3.05, 3.63) is 95.0 Å². The zero-order chi connectivity index (χ0) is 29.5. The summed E-state index contributed by atoms with van der Waals surface area (Å²) < 4.78 is 68.8. The fourth-order valence-corrected chi connectivity index (χ4v) is 5.89. The predicted molar refractivity (Wildman–Crippen MR) is 147 cm³/mol. The van der Waals surface area contributed by atoms with Gasteiger partial charge in [0.05, 0.1) is 21.2 Å². The van der Waals surface area contributed by atoms with Crippen LogP contribution in [0.4, 0.5) is 18.9 Å². The van der Waals surface area contributed by atoms with Gasteiger partial charge < -0.3 is 10.2 Å². The molecule has 0 radical (unpaired) electrons. The first kappa shape index (κ1) is 31.0. The van der Waals surface area contributed by atoms with Crippen LogP contribution in [0.1, 0.15) is 24.5 Å². The van der Waals surface area contributed by atoms with Crippen molar-refractivity contribution in [2.24, 2.45) is 0 Å². The van der Waals surface area contributed by atoms with Crippen LogP contribution in [0.2, 0.25) is 5.02 Å². The van der Waals surface area contributed by atoms with Crippen molar-refractivity contribution in [2.75, 3.05) is 24.4 Å². The van der Waals surface area contributed by atoms with Gasteiger partial charge in [-0.15, -0.1) is 0 Å². The molecule has 3 aromatic carbocycles. The smallest absolute Gasteiger partial charge is 0.357 e. The van der Waals surface area contributed by atoms with Crippen molar-refractivity contribution in [1.82, 2.24) is 10.2 Å². The molecule has 0 bridgehead atoms. The molecule has 0 heterocycles. The van der Waals surface area contributed by atoms with Crippen molar-refractivity contribution in [3.63, 3.8) is 0 Å². The number of nitrogens with one attached hydrogen (secondary N) is 1. The molecule has 40 heavy (non-hydrogen) atoms. The van der Waals surface area contributed by atoms with Crippen LogP contribution in [-0.2, 0) is 32.2 Å². The fourth-order valence-electron chi connectivity index (χ4n) is 4.18. The lowest BCUT2D eigenvalue weighted by molar-refractivity contribution is -0.139. The normalized spacial score (nSPS) is 12.4. The summed E-state index contributed by atoms with van der Waals surface area (Å²) in [5.41, 5.74) is -0.767. The van der Waals surface area contributed by atoms with Crippen molar-refractivity contribution in [1.29, 1.82) is 0 Å². The number of likely N-dealkylation sites (N-methyl/N-ethyl adjacent to an activating group) is 1. The average Bonchev–Trinajstić information content (AvgIpc) is 2.94. The summed E-state index contributed by atoms with van der Waals surface area (Å²) >= 11 is 6.24. The zero-order valence-electron chi connectivity index (χ0n) is 21.9. The molecule has 3 aromatic rings. The molecule has 1 atom stereocenters. The third-order valence-corrected chi connectivity index (χ3v) is 8.36. The summed E-state index contributed by atoms with van der Waals surface area (Å²) in [7, 11) is -3.14. The molecule has 0 aromatic heterocycles. The fraction of sp³-hybridized carbons (Fsp3) is 0.286. The highest BCUT2D eigenvalue weighted by Crippen LogP contribution is 2.37. The van der Waals surface area contributed by atoms with E-state index >= 15 is 0 Å². The van der Waals surface area contributed by atoms with Crippen LogP contribution in [0.5, 0.6) is 0 Å². The number of carbonyl (C=O) groups is 2. The standard InChI is InChI=1S/C28H29ClF3N3O4S/c1-3-24(27(37)33-2)34(17-16-20-10-6-4-7-11-20)26(36)19-35(40(38,39)22-12-8-5-9-13-22)25-18-21(28(30,31)32)14-15-23(25)29/h4-15,18,24H,3,16-17,19H2,1-2H3,(H,33,37). The Bertz CT molecular complexity index is 1420. The second-order valence-electron chi connectivity index (χ2n) is 8.85. The minimum absolute atomic E-state index is 0.0598. The van der Waals surface area contributed by atoms with E-state index in [1.165, 1.54) is 36.2 Å². The molecule has 2 amide bonds. The third kappa shape index (κ3) is 7.33. The van der Waals surface area contributed by atoms with Crippen LogP contribution in [0.3, 0.4) is 0 Å². The monoisotopic (exact) mass is 595 g/mol. The molecule has 3 rings (SSSR count). The second-order valence-corrected chi connectivity index (χ2v) is 11.1. The number of anilines is 1. The summed E-state index contributed by atoms with van der Waals surface area (Å²) in [5, 5.41) is 2.22.